The lowest BCUT2D eigenvalue weighted by Gasteiger charge is -2.26. The Kier molecular flexibility index (Phi) is 3.78. The fraction of sp³-hybridized carbons (Fsp3) is 0.667. The van der Waals surface area contributed by atoms with E-state index in [4.69, 9.17) is 4.52 Å². The molecular weight excluding hydrogens is 218 g/mol. The predicted octanol–water partition coefficient (Wildman–Crippen LogP) is 1.07. The van der Waals surface area contributed by atoms with Crippen molar-refractivity contribution in [1.82, 2.24) is 15.8 Å². The van der Waals surface area contributed by atoms with Crippen molar-refractivity contribution < 1.29 is 9.32 Å². The molecule has 1 saturated heterocycles. The van der Waals surface area contributed by atoms with Crippen LogP contribution in [0.2, 0.25) is 0 Å². The first-order chi connectivity index (χ1) is 8.27. The number of rotatable bonds is 5. The Morgan fingerprint density at radius 3 is 3.18 bits per heavy atom. The molecule has 1 aromatic rings. The van der Waals surface area contributed by atoms with Crippen LogP contribution in [-0.2, 0) is 11.3 Å². The molecule has 0 aliphatic carbocycles. The van der Waals surface area contributed by atoms with E-state index in [0.29, 0.717) is 12.3 Å². The molecular formula is C12H19N3O2. The summed E-state index contributed by atoms with van der Waals surface area (Å²) < 4.78 is 4.96. The van der Waals surface area contributed by atoms with E-state index in [-0.39, 0.29) is 11.3 Å². The monoisotopic (exact) mass is 237 g/mol. The molecule has 2 N–H and O–H groups in total. The summed E-state index contributed by atoms with van der Waals surface area (Å²) in [6, 6.07) is 1.76. The third kappa shape index (κ3) is 2.66. The maximum absolute atomic E-state index is 12.2. The lowest BCUT2D eigenvalue weighted by molar-refractivity contribution is -0.130. The minimum atomic E-state index is -0.227. The van der Waals surface area contributed by atoms with Crippen molar-refractivity contribution in [3.8, 4) is 0 Å². The van der Waals surface area contributed by atoms with Crippen LogP contribution in [-0.4, -0.2) is 24.2 Å². The molecule has 1 amide bonds. The predicted molar refractivity (Wildman–Crippen MR) is 63.2 cm³/mol. The second kappa shape index (κ2) is 5.31. The standard InChI is InChI=1S/C12H19N3O2/c1-2-4-12(5-7-13-9-12)11(16)14-8-10-3-6-15-17-10/h3,6,13H,2,4-5,7-9H2,1H3,(H,14,16). The van der Waals surface area contributed by atoms with E-state index in [9.17, 15) is 4.79 Å². The Labute approximate surface area is 101 Å². The summed E-state index contributed by atoms with van der Waals surface area (Å²) in [5, 5.41) is 9.83. The van der Waals surface area contributed by atoms with Gasteiger partial charge in [0.1, 0.15) is 0 Å². The number of hydrogen-bond donors (Lipinski definition) is 2. The zero-order valence-corrected chi connectivity index (χ0v) is 10.2. The Morgan fingerprint density at radius 1 is 1.71 bits per heavy atom. The van der Waals surface area contributed by atoms with Crippen molar-refractivity contribution in [2.75, 3.05) is 13.1 Å². The van der Waals surface area contributed by atoms with Gasteiger partial charge in [-0.05, 0) is 19.4 Å². The zero-order chi connectivity index (χ0) is 12.1. The molecule has 0 spiro atoms. The molecule has 2 rings (SSSR count). The average Bonchev–Trinajstić information content (AvgIpc) is 2.97. The van der Waals surface area contributed by atoms with E-state index >= 15 is 0 Å². The molecule has 0 aromatic carbocycles. The van der Waals surface area contributed by atoms with Crippen LogP contribution in [0.5, 0.6) is 0 Å². The van der Waals surface area contributed by atoms with E-state index < -0.39 is 0 Å². The van der Waals surface area contributed by atoms with Crippen LogP contribution in [0.4, 0.5) is 0 Å². The van der Waals surface area contributed by atoms with Gasteiger partial charge in [0.2, 0.25) is 5.91 Å². The summed E-state index contributed by atoms with van der Waals surface area (Å²) in [5.74, 6) is 0.816. The Morgan fingerprint density at radius 2 is 2.59 bits per heavy atom. The van der Waals surface area contributed by atoms with Crippen molar-refractivity contribution in [1.29, 1.82) is 0 Å². The lowest BCUT2D eigenvalue weighted by Crippen LogP contribution is -2.42. The second-order valence-corrected chi connectivity index (χ2v) is 4.62. The fourth-order valence-electron chi connectivity index (χ4n) is 2.43. The average molecular weight is 237 g/mol. The first kappa shape index (κ1) is 12.1. The quantitative estimate of drug-likeness (QED) is 0.804. The SMILES string of the molecule is CCCC1(C(=O)NCc2ccno2)CCNC1. The van der Waals surface area contributed by atoms with Crippen molar-refractivity contribution in [3.63, 3.8) is 0 Å². The van der Waals surface area contributed by atoms with Crippen molar-refractivity contribution in [3.05, 3.63) is 18.0 Å². The summed E-state index contributed by atoms with van der Waals surface area (Å²) >= 11 is 0. The number of hydrogen-bond acceptors (Lipinski definition) is 4. The molecule has 0 radical (unpaired) electrons. The van der Waals surface area contributed by atoms with E-state index in [1.165, 1.54) is 0 Å². The molecule has 5 nitrogen and oxygen atoms in total. The van der Waals surface area contributed by atoms with Crippen LogP contribution in [0.3, 0.4) is 0 Å². The van der Waals surface area contributed by atoms with E-state index in [1.807, 2.05) is 0 Å². The third-order valence-electron chi connectivity index (χ3n) is 3.37. The molecule has 17 heavy (non-hydrogen) atoms. The summed E-state index contributed by atoms with van der Waals surface area (Å²) in [5.41, 5.74) is -0.227. The maximum Gasteiger partial charge on any atom is 0.227 e. The van der Waals surface area contributed by atoms with Gasteiger partial charge in [-0.2, -0.15) is 0 Å². The summed E-state index contributed by atoms with van der Waals surface area (Å²) in [7, 11) is 0. The van der Waals surface area contributed by atoms with Crippen LogP contribution < -0.4 is 10.6 Å². The van der Waals surface area contributed by atoms with Gasteiger partial charge in [0.15, 0.2) is 5.76 Å². The molecule has 1 fully saturated rings. The van der Waals surface area contributed by atoms with Gasteiger partial charge < -0.3 is 15.2 Å². The van der Waals surface area contributed by atoms with Gasteiger partial charge in [-0.1, -0.05) is 18.5 Å². The maximum atomic E-state index is 12.2. The van der Waals surface area contributed by atoms with Gasteiger partial charge in [0.25, 0.3) is 0 Å². The summed E-state index contributed by atoms with van der Waals surface area (Å²) in [4.78, 5) is 12.2. The topological polar surface area (TPSA) is 67.2 Å². The molecule has 1 unspecified atom stereocenters. The summed E-state index contributed by atoms with van der Waals surface area (Å²) in [6.07, 6.45) is 4.46. The van der Waals surface area contributed by atoms with Gasteiger partial charge in [-0.15, -0.1) is 0 Å². The van der Waals surface area contributed by atoms with Gasteiger partial charge in [0.05, 0.1) is 18.2 Å². The zero-order valence-electron chi connectivity index (χ0n) is 10.2. The van der Waals surface area contributed by atoms with Crippen molar-refractivity contribution >= 4 is 5.91 Å². The van der Waals surface area contributed by atoms with Crippen molar-refractivity contribution in [2.24, 2.45) is 5.41 Å². The fourth-order valence-corrected chi connectivity index (χ4v) is 2.43. The first-order valence-electron chi connectivity index (χ1n) is 6.15. The molecule has 0 bridgehead atoms. The highest BCUT2D eigenvalue weighted by Crippen LogP contribution is 2.31. The van der Waals surface area contributed by atoms with Gasteiger partial charge in [-0.3, -0.25) is 4.79 Å². The first-order valence-corrected chi connectivity index (χ1v) is 6.15. The Bertz CT molecular complexity index is 356. The van der Waals surface area contributed by atoms with Crippen LogP contribution in [0, 0.1) is 5.41 Å². The Balaban J connectivity index is 1.92. The second-order valence-electron chi connectivity index (χ2n) is 4.62. The van der Waals surface area contributed by atoms with Gasteiger partial charge in [0, 0.05) is 12.6 Å². The molecule has 2 heterocycles. The van der Waals surface area contributed by atoms with Crippen LogP contribution >= 0.6 is 0 Å². The van der Waals surface area contributed by atoms with Gasteiger partial charge in [-0.25, -0.2) is 0 Å². The number of nitrogens with zero attached hydrogens (tertiary/aromatic N) is 1. The van der Waals surface area contributed by atoms with E-state index in [1.54, 1.807) is 12.3 Å². The molecule has 94 valence electrons. The van der Waals surface area contributed by atoms with Crippen LogP contribution in [0.15, 0.2) is 16.8 Å². The van der Waals surface area contributed by atoms with Crippen molar-refractivity contribution in [2.45, 2.75) is 32.7 Å². The third-order valence-corrected chi connectivity index (χ3v) is 3.37. The Hall–Kier alpha value is -1.36. The number of amides is 1. The molecule has 0 saturated carbocycles. The van der Waals surface area contributed by atoms with E-state index in [0.717, 1.165) is 32.4 Å². The highest BCUT2D eigenvalue weighted by atomic mass is 16.5. The van der Waals surface area contributed by atoms with Crippen LogP contribution in [0.1, 0.15) is 31.9 Å². The summed E-state index contributed by atoms with van der Waals surface area (Å²) in [6.45, 7) is 4.24. The molecule has 1 aliphatic rings. The smallest absolute Gasteiger partial charge is 0.227 e. The minimum absolute atomic E-state index is 0.126. The molecule has 1 atom stereocenters. The lowest BCUT2D eigenvalue weighted by atomic mass is 9.81. The minimum Gasteiger partial charge on any atom is -0.360 e. The highest BCUT2D eigenvalue weighted by molar-refractivity contribution is 5.83. The van der Waals surface area contributed by atoms with Gasteiger partial charge >= 0.3 is 0 Å². The number of carbonyl (C=O) groups excluding carboxylic acids is 1. The largest absolute Gasteiger partial charge is 0.360 e. The van der Waals surface area contributed by atoms with Crippen LogP contribution in [0.25, 0.3) is 0 Å². The van der Waals surface area contributed by atoms with E-state index in [2.05, 4.69) is 22.7 Å². The molecule has 1 aliphatic heterocycles. The molecule has 1 aromatic heterocycles. The highest BCUT2D eigenvalue weighted by Gasteiger charge is 2.39. The number of nitrogens with one attached hydrogen (secondary N) is 2. The number of carbonyl (C=O) groups is 1. The normalized spacial score (nSPS) is 23.8. The number of aromatic nitrogens is 1. The molecule has 5 heteroatoms.